The molecule has 0 saturated heterocycles. The molecule has 2 nitrogen and oxygen atoms in total. The lowest BCUT2D eigenvalue weighted by Crippen LogP contribution is -2.26. The number of halogens is 1. The summed E-state index contributed by atoms with van der Waals surface area (Å²) in [6, 6.07) is 0.497. The van der Waals surface area contributed by atoms with E-state index in [4.69, 9.17) is 0 Å². The Bertz CT molecular complexity index is 161. The quantitative estimate of drug-likeness (QED) is 0.725. The Morgan fingerprint density at radius 3 is 3.00 bits per heavy atom. The molecule has 1 aliphatic carbocycles. The lowest BCUT2D eigenvalue weighted by molar-refractivity contribution is -0.120. The van der Waals surface area contributed by atoms with Gasteiger partial charge in [0.1, 0.15) is 0 Å². The second kappa shape index (κ2) is 4.85. The van der Waals surface area contributed by atoms with Crippen LogP contribution in [0.15, 0.2) is 0 Å². The molecule has 2 atom stereocenters. The number of amides is 1. The second-order valence-corrected chi connectivity index (χ2v) is 4.19. The van der Waals surface area contributed by atoms with Crippen molar-refractivity contribution in [2.45, 2.75) is 38.6 Å². The lowest BCUT2D eigenvalue weighted by Gasteiger charge is -2.01. The molecule has 0 aliphatic heterocycles. The van der Waals surface area contributed by atoms with E-state index in [9.17, 15) is 4.79 Å². The largest absolute Gasteiger partial charge is 0.353 e. The van der Waals surface area contributed by atoms with E-state index in [1.54, 1.807) is 0 Å². The number of hydrogen-bond donors (Lipinski definition) is 1. The molecule has 0 bridgehead atoms. The van der Waals surface area contributed by atoms with Crippen LogP contribution in [0, 0.1) is 5.92 Å². The monoisotopic (exact) mass is 233 g/mol. The van der Waals surface area contributed by atoms with E-state index < -0.39 is 0 Å². The maximum absolute atomic E-state index is 11.1. The molecular weight excluding hydrogens is 218 g/mol. The third-order valence-electron chi connectivity index (χ3n) is 2.25. The molecule has 0 aromatic heterocycles. The van der Waals surface area contributed by atoms with E-state index in [1.807, 2.05) is 0 Å². The first kappa shape index (κ1) is 10.0. The van der Waals surface area contributed by atoms with Crippen LogP contribution in [0.3, 0.4) is 0 Å². The minimum absolute atomic E-state index is 0.190. The van der Waals surface area contributed by atoms with E-state index in [0.29, 0.717) is 12.5 Å². The molecule has 3 heteroatoms. The molecule has 2 unspecified atom stereocenters. The highest BCUT2D eigenvalue weighted by atomic mass is 79.9. The van der Waals surface area contributed by atoms with Crippen molar-refractivity contribution in [1.29, 1.82) is 0 Å². The van der Waals surface area contributed by atoms with E-state index in [-0.39, 0.29) is 5.91 Å². The molecule has 12 heavy (non-hydrogen) atoms. The van der Waals surface area contributed by atoms with Gasteiger partial charge in [0.2, 0.25) is 5.91 Å². The fourth-order valence-corrected chi connectivity index (χ4v) is 1.84. The van der Waals surface area contributed by atoms with Crippen LogP contribution in [0.4, 0.5) is 0 Å². The average Bonchev–Trinajstić information content (AvgIpc) is 2.69. The van der Waals surface area contributed by atoms with Gasteiger partial charge in [-0.05, 0) is 18.8 Å². The zero-order chi connectivity index (χ0) is 8.97. The van der Waals surface area contributed by atoms with Crippen LogP contribution in [0.5, 0.6) is 0 Å². The van der Waals surface area contributed by atoms with Crippen LogP contribution in [-0.2, 0) is 4.79 Å². The zero-order valence-electron chi connectivity index (χ0n) is 7.48. The normalized spacial score (nSPS) is 26.8. The van der Waals surface area contributed by atoms with Gasteiger partial charge in [-0.3, -0.25) is 4.79 Å². The number of nitrogens with one attached hydrogen (secondary N) is 1. The molecule has 0 heterocycles. The Hall–Kier alpha value is -0.0500. The summed E-state index contributed by atoms with van der Waals surface area (Å²) < 4.78 is 0. The van der Waals surface area contributed by atoms with Crippen molar-refractivity contribution in [2.24, 2.45) is 5.92 Å². The topological polar surface area (TPSA) is 29.1 Å². The Labute approximate surface area is 82.2 Å². The summed E-state index contributed by atoms with van der Waals surface area (Å²) >= 11 is 3.25. The molecule has 1 aliphatic rings. The van der Waals surface area contributed by atoms with Gasteiger partial charge in [-0.15, -0.1) is 0 Å². The van der Waals surface area contributed by atoms with Crippen molar-refractivity contribution >= 4 is 21.8 Å². The van der Waals surface area contributed by atoms with E-state index >= 15 is 0 Å². The summed E-state index contributed by atoms with van der Waals surface area (Å²) in [5.74, 6) is 0.963. The standard InChI is InChI=1S/C9H16BrNO/c1-2-3-7-6-8(7)11-9(12)4-5-10/h7-8H,2-6H2,1H3,(H,11,12). The average molecular weight is 234 g/mol. The van der Waals surface area contributed by atoms with Crippen molar-refractivity contribution in [3.05, 3.63) is 0 Å². The van der Waals surface area contributed by atoms with Crippen molar-refractivity contribution in [2.75, 3.05) is 5.33 Å². The molecule has 0 spiro atoms. The van der Waals surface area contributed by atoms with Gasteiger partial charge >= 0.3 is 0 Å². The first-order valence-corrected chi connectivity index (χ1v) is 5.75. The number of carbonyl (C=O) groups is 1. The first-order chi connectivity index (χ1) is 5.77. The molecular formula is C9H16BrNO. The molecule has 1 N–H and O–H groups in total. The van der Waals surface area contributed by atoms with Crippen molar-refractivity contribution in [3.8, 4) is 0 Å². The van der Waals surface area contributed by atoms with E-state index in [1.165, 1.54) is 19.3 Å². The van der Waals surface area contributed by atoms with Crippen molar-refractivity contribution < 1.29 is 4.79 Å². The molecule has 1 fully saturated rings. The van der Waals surface area contributed by atoms with Gasteiger partial charge in [0.15, 0.2) is 0 Å². The Morgan fingerprint density at radius 2 is 2.42 bits per heavy atom. The first-order valence-electron chi connectivity index (χ1n) is 4.63. The van der Waals surface area contributed by atoms with Gasteiger partial charge in [0.25, 0.3) is 0 Å². The fraction of sp³-hybridized carbons (Fsp3) is 0.889. The molecule has 0 aromatic carbocycles. The summed E-state index contributed by atoms with van der Waals surface area (Å²) in [4.78, 5) is 11.1. The Morgan fingerprint density at radius 1 is 1.67 bits per heavy atom. The highest BCUT2D eigenvalue weighted by Gasteiger charge is 2.36. The third kappa shape index (κ3) is 3.13. The minimum Gasteiger partial charge on any atom is -0.353 e. The Kier molecular flexibility index (Phi) is 4.06. The summed E-state index contributed by atoms with van der Waals surface area (Å²) in [5.41, 5.74) is 0. The van der Waals surface area contributed by atoms with Gasteiger partial charge in [-0.25, -0.2) is 0 Å². The van der Waals surface area contributed by atoms with Gasteiger partial charge in [-0.2, -0.15) is 0 Å². The molecule has 0 radical (unpaired) electrons. The highest BCUT2D eigenvalue weighted by molar-refractivity contribution is 9.09. The van der Waals surface area contributed by atoms with E-state index in [2.05, 4.69) is 28.2 Å². The predicted octanol–water partition coefficient (Wildman–Crippen LogP) is 2.08. The lowest BCUT2D eigenvalue weighted by atomic mass is 10.2. The van der Waals surface area contributed by atoms with Gasteiger partial charge < -0.3 is 5.32 Å². The fourth-order valence-electron chi connectivity index (χ4n) is 1.48. The van der Waals surface area contributed by atoms with Crippen LogP contribution in [0.25, 0.3) is 0 Å². The van der Waals surface area contributed by atoms with Crippen molar-refractivity contribution in [3.63, 3.8) is 0 Å². The highest BCUT2D eigenvalue weighted by Crippen LogP contribution is 2.34. The van der Waals surface area contributed by atoms with Gasteiger partial charge in [-0.1, -0.05) is 29.3 Å². The molecule has 70 valence electrons. The summed E-state index contributed by atoms with van der Waals surface area (Å²) in [6.45, 7) is 2.19. The van der Waals surface area contributed by atoms with E-state index in [0.717, 1.165) is 11.2 Å². The number of hydrogen-bond acceptors (Lipinski definition) is 1. The number of carbonyl (C=O) groups excluding carboxylic acids is 1. The maximum atomic E-state index is 11.1. The summed E-state index contributed by atoms with van der Waals surface area (Å²) in [7, 11) is 0. The Balaban J connectivity index is 2.06. The SMILES string of the molecule is CCCC1CC1NC(=O)CCBr. The summed E-state index contributed by atoms with van der Waals surface area (Å²) in [6.07, 6.45) is 4.30. The van der Waals surface area contributed by atoms with Gasteiger partial charge in [0.05, 0.1) is 0 Å². The third-order valence-corrected chi connectivity index (χ3v) is 2.65. The molecule has 1 amide bonds. The molecule has 0 aromatic rings. The smallest absolute Gasteiger partial charge is 0.221 e. The van der Waals surface area contributed by atoms with Crippen LogP contribution in [0.2, 0.25) is 0 Å². The number of rotatable bonds is 5. The molecule has 1 rings (SSSR count). The zero-order valence-corrected chi connectivity index (χ0v) is 9.06. The van der Waals surface area contributed by atoms with Crippen molar-refractivity contribution in [1.82, 2.24) is 5.32 Å². The minimum atomic E-state index is 0.190. The van der Waals surface area contributed by atoms with Gasteiger partial charge in [0, 0.05) is 17.8 Å². The number of alkyl halides is 1. The van der Waals surface area contributed by atoms with Crippen LogP contribution < -0.4 is 5.32 Å². The van der Waals surface area contributed by atoms with Crippen LogP contribution in [0.1, 0.15) is 32.6 Å². The molecule has 1 saturated carbocycles. The van der Waals surface area contributed by atoms with Crippen LogP contribution in [-0.4, -0.2) is 17.3 Å². The second-order valence-electron chi connectivity index (χ2n) is 3.40. The maximum Gasteiger partial charge on any atom is 0.221 e. The van der Waals surface area contributed by atoms with Crippen LogP contribution >= 0.6 is 15.9 Å². The summed E-state index contributed by atoms with van der Waals surface area (Å²) in [5, 5.41) is 3.79. The predicted molar refractivity (Wildman–Crippen MR) is 53.4 cm³/mol.